The normalized spacial score (nSPS) is 29.8. The third-order valence-corrected chi connectivity index (χ3v) is 3.95. The van der Waals surface area contributed by atoms with E-state index in [4.69, 9.17) is 4.74 Å². The average Bonchev–Trinajstić information content (AvgIpc) is 2.32. The fourth-order valence-electron chi connectivity index (χ4n) is 2.88. The first-order valence-electron chi connectivity index (χ1n) is 7.15. The average molecular weight is 243 g/mol. The van der Waals surface area contributed by atoms with Crippen molar-refractivity contribution in [3.05, 3.63) is 0 Å². The summed E-state index contributed by atoms with van der Waals surface area (Å²) in [5, 5.41) is 10.1. The van der Waals surface area contributed by atoms with E-state index >= 15 is 0 Å². The quantitative estimate of drug-likeness (QED) is 0.696. The lowest BCUT2D eigenvalue weighted by Crippen LogP contribution is -2.46. The number of hydrogen-bond donors (Lipinski definition) is 1. The van der Waals surface area contributed by atoms with Crippen molar-refractivity contribution in [1.29, 1.82) is 0 Å². The van der Waals surface area contributed by atoms with E-state index in [1.54, 1.807) is 0 Å². The van der Waals surface area contributed by atoms with Crippen molar-refractivity contribution in [1.82, 2.24) is 4.90 Å². The highest BCUT2D eigenvalue weighted by molar-refractivity contribution is 4.85. The summed E-state index contributed by atoms with van der Waals surface area (Å²) in [6.45, 7) is 6.74. The maximum atomic E-state index is 10.1. The standard InChI is InChI=1S/C14H29NO2/c1-4-6-12-7-8-14(16)13(11-12)15(3)9-10-17-5-2/h12-14,16H,4-11H2,1-3H3. The molecule has 0 bridgehead atoms. The Labute approximate surface area is 106 Å². The number of rotatable bonds is 7. The van der Waals surface area contributed by atoms with Crippen molar-refractivity contribution in [3.63, 3.8) is 0 Å². The van der Waals surface area contributed by atoms with Gasteiger partial charge in [0, 0.05) is 19.2 Å². The van der Waals surface area contributed by atoms with E-state index in [-0.39, 0.29) is 6.10 Å². The molecule has 0 radical (unpaired) electrons. The van der Waals surface area contributed by atoms with Crippen LogP contribution in [0.1, 0.15) is 46.0 Å². The molecule has 102 valence electrons. The maximum Gasteiger partial charge on any atom is 0.0695 e. The van der Waals surface area contributed by atoms with Crippen molar-refractivity contribution in [2.75, 3.05) is 26.8 Å². The lowest BCUT2D eigenvalue weighted by Gasteiger charge is -2.38. The Kier molecular flexibility index (Phi) is 7.09. The van der Waals surface area contributed by atoms with Crippen molar-refractivity contribution in [2.24, 2.45) is 5.92 Å². The number of likely N-dealkylation sites (N-methyl/N-ethyl adjacent to an activating group) is 1. The third-order valence-electron chi connectivity index (χ3n) is 3.95. The lowest BCUT2D eigenvalue weighted by atomic mass is 9.81. The number of aliphatic hydroxyl groups is 1. The molecule has 3 unspecified atom stereocenters. The molecule has 3 heteroatoms. The summed E-state index contributed by atoms with van der Waals surface area (Å²) in [7, 11) is 2.11. The molecule has 1 N–H and O–H groups in total. The van der Waals surface area contributed by atoms with Crippen LogP contribution in [0.2, 0.25) is 0 Å². The topological polar surface area (TPSA) is 32.7 Å². The number of hydrogen-bond acceptors (Lipinski definition) is 3. The van der Waals surface area contributed by atoms with Crippen LogP contribution >= 0.6 is 0 Å². The van der Waals surface area contributed by atoms with Gasteiger partial charge in [0.25, 0.3) is 0 Å². The zero-order chi connectivity index (χ0) is 12.7. The predicted molar refractivity (Wildman–Crippen MR) is 71.2 cm³/mol. The molecule has 17 heavy (non-hydrogen) atoms. The molecular weight excluding hydrogens is 214 g/mol. The fourth-order valence-corrected chi connectivity index (χ4v) is 2.88. The van der Waals surface area contributed by atoms with Crippen molar-refractivity contribution < 1.29 is 9.84 Å². The molecule has 0 aromatic rings. The lowest BCUT2D eigenvalue weighted by molar-refractivity contribution is 0.00159. The Hall–Kier alpha value is -0.120. The van der Waals surface area contributed by atoms with Gasteiger partial charge in [-0.2, -0.15) is 0 Å². The molecule has 0 aromatic carbocycles. The van der Waals surface area contributed by atoms with E-state index in [1.807, 2.05) is 6.92 Å². The van der Waals surface area contributed by atoms with Crippen LogP contribution in [0.25, 0.3) is 0 Å². The molecule has 0 spiro atoms. The third kappa shape index (κ3) is 4.94. The van der Waals surface area contributed by atoms with Crippen LogP contribution in [0.15, 0.2) is 0 Å². The maximum absolute atomic E-state index is 10.1. The predicted octanol–water partition coefficient (Wildman–Crippen LogP) is 2.28. The summed E-state index contributed by atoms with van der Waals surface area (Å²) in [5.74, 6) is 0.808. The summed E-state index contributed by atoms with van der Waals surface area (Å²) in [5.41, 5.74) is 0. The van der Waals surface area contributed by atoms with Gasteiger partial charge < -0.3 is 9.84 Å². The molecule has 0 saturated heterocycles. The molecule has 1 aliphatic carbocycles. The van der Waals surface area contributed by atoms with Gasteiger partial charge in [-0.1, -0.05) is 19.8 Å². The van der Waals surface area contributed by atoms with Gasteiger partial charge in [-0.15, -0.1) is 0 Å². The van der Waals surface area contributed by atoms with Crippen LogP contribution in [-0.2, 0) is 4.74 Å². The second-order valence-electron chi connectivity index (χ2n) is 5.28. The number of aliphatic hydroxyl groups excluding tert-OH is 1. The smallest absolute Gasteiger partial charge is 0.0695 e. The molecule has 3 atom stereocenters. The van der Waals surface area contributed by atoms with E-state index < -0.39 is 0 Å². The molecular formula is C14H29NO2. The zero-order valence-electron chi connectivity index (χ0n) is 11.7. The Balaban J connectivity index is 2.36. The van der Waals surface area contributed by atoms with Crippen LogP contribution in [0.3, 0.4) is 0 Å². The zero-order valence-corrected chi connectivity index (χ0v) is 11.7. The second kappa shape index (κ2) is 8.06. The minimum absolute atomic E-state index is 0.144. The Morgan fingerprint density at radius 2 is 2.06 bits per heavy atom. The second-order valence-corrected chi connectivity index (χ2v) is 5.28. The first-order chi connectivity index (χ1) is 8.19. The molecule has 0 heterocycles. The van der Waals surface area contributed by atoms with Crippen LogP contribution in [0.4, 0.5) is 0 Å². The van der Waals surface area contributed by atoms with Crippen LogP contribution in [-0.4, -0.2) is 49.0 Å². The van der Waals surface area contributed by atoms with Gasteiger partial charge in [-0.05, 0) is 39.2 Å². The summed E-state index contributed by atoms with van der Waals surface area (Å²) < 4.78 is 5.38. The minimum Gasteiger partial charge on any atom is -0.391 e. The van der Waals surface area contributed by atoms with E-state index in [9.17, 15) is 5.11 Å². The molecule has 1 saturated carbocycles. The van der Waals surface area contributed by atoms with Gasteiger partial charge >= 0.3 is 0 Å². The summed E-state index contributed by atoms with van der Waals surface area (Å²) in [4.78, 5) is 2.28. The molecule has 1 rings (SSSR count). The number of ether oxygens (including phenoxy) is 1. The molecule has 0 aliphatic heterocycles. The molecule has 3 nitrogen and oxygen atoms in total. The van der Waals surface area contributed by atoms with E-state index in [2.05, 4.69) is 18.9 Å². The first-order valence-corrected chi connectivity index (χ1v) is 7.15. The summed E-state index contributed by atoms with van der Waals surface area (Å²) >= 11 is 0. The fraction of sp³-hybridized carbons (Fsp3) is 1.00. The number of nitrogens with zero attached hydrogens (tertiary/aromatic N) is 1. The highest BCUT2D eigenvalue weighted by Gasteiger charge is 2.31. The van der Waals surface area contributed by atoms with Gasteiger partial charge in [0.15, 0.2) is 0 Å². The minimum atomic E-state index is -0.144. The Morgan fingerprint density at radius 3 is 2.71 bits per heavy atom. The largest absolute Gasteiger partial charge is 0.391 e. The van der Waals surface area contributed by atoms with Crippen LogP contribution in [0.5, 0.6) is 0 Å². The van der Waals surface area contributed by atoms with Crippen molar-refractivity contribution in [3.8, 4) is 0 Å². The highest BCUT2D eigenvalue weighted by Crippen LogP contribution is 2.30. The molecule has 0 amide bonds. The monoisotopic (exact) mass is 243 g/mol. The molecule has 1 aliphatic rings. The summed E-state index contributed by atoms with van der Waals surface area (Å²) in [6, 6.07) is 0.334. The van der Waals surface area contributed by atoms with Gasteiger partial charge in [0.1, 0.15) is 0 Å². The van der Waals surface area contributed by atoms with Gasteiger partial charge in [0.2, 0.25) is 0 Å². The highest BCUT2D eigenvalue weighted by atomic mass is 16.5. The van der Waals surface area contributed by atoms with Crippen molar-refractivity contribution >= 4 is 0 Å². The van der Waals surface area contributed by atoms with E-state index in [0.29, 0.717) is 6.04 Å². The van der Waals surface area contributed by atoms with Gasteiger partial charge in [-0.25, -0.2) is 0 Å². The SMILES string of the molecule is CCCC1CCC(O)C(N(C)CCOCC)C1. The van der Waals surface area contributed by atoms with Gasteiger partial charge in [-0.3, -0.25) is 4.90 Å². The Morgan fingerprint density at radius 1 is 1.29 bits per heavy atom. The van der Waals surface area contributed by atoms with Crippen LogP contribution < -0.4 is 0 Å². The molecule has 1 fully saturated rings. The van der Waals surface area contributed by atoms with Crippen molar-refractivity contribution in [2.45, 2.75) is 58.1 Å². The summed E-state index contributed by atoms with van der Waals surface area (Å²) in [6.07, 6.45) is 5.74. The molecule has 0 aromatic heterocycles. The van der Waals surface area contributed by atoms with E-state index in [1.165, 1.54) is 19.3 Å². The van der Waals surface area contributed by atoms with Crippen LogP contribution in [0, 0.1) is 5.92 Å². The van der Waals surface area contributed by atoms with E-state index in [0.717, 1.165) is 38.5 Å². The van der Waals surface area contributed by atoms with Gasteiger partial charge in [0.05, 0.1) is 12.7 Å². The first kappa shape index (κ1) is 14.9. The Bertz CT molecular complexity index is 199.